The van der Waals surface area contributed by atoms with Crippen molar-refractivity contribution in [3.05, 3.63) is 70.5 Å². The van der Waals surface area contributed by atoms with Gasteiger partial charge in [0.2, 0.25) is 0 Å². The molecule has 0 aliphatic rings. The Labute approximate surface area is 171 Å². The van der Waals surface area contributed by atoms with Gasteiger partial charge < -0.3 is 14.5 Å². The maximum Gasteiger partial charge on any atom is 0.310 e. The van der Waals surface area contributed by atoms with Gasteiger partial charge in [0.05, 0.1) is 18.7 Å². The lowest BCUT2D eigenvalue weighted by Gasteiger charge is -2.17. The van der Waals surface area contributed by atoms with Crippen molar-refractivity contribution >= 4 is 22.8 Å². The Kier molecular flexibility index (Phi) is 6.37. The van der Waals surface area contributed by atoms with E-state index in [1.165, 1.54) is 5.56 Å². The molecule has 0 spiro atoms. The topological polar surface area (TPSA) is 68.5 Å². The molecule has 0 saturated heterocycles. The zero-order valence-electron chi connectivity index (χ0n) is 17.4. The number of carbonyl (C=O) groups is 2. The van der Waals surface area contributed by atoms with Crippen molar-refractivity contribution in [3.63, 3.8) is 0 Å². The van der Waals surface area contributed by atoms with Crippen LogP contribution in [0.5, 0.6) is 0 Å². The molecule has 0 radical (unpaired) electrons. The van der Waals surface area contributed by atoms with Gasteiger partial charge in [0, 0.05) is 10.9 Å². The Morgan fingerprint density at radius 3 is 2.45 bits per heavy atom. The van der Waals surface area contributed by atoms with Crippen LogP contribution >= 0.6 is 0 Å². The number of hydrogen-bond acceptors (Lipinski definition) is 4. The van der Waals surface area contributed by atoms with Gasteiger partial charge in [-0.25, -0.2) is 0 Å². The highest BCUT2D eigenvalue weighted by Gasteiger charge is 2.16. The van der Waals surface area contributed by atoms with Crippen LogP contribution in [0.3, 0.4) is 0 Å². The van der Waals surface area contributed by atoms with Crippen molar-refractivity contribution in [2.24, 2.45) is 0 Å². The van der Waals surface area contributed by atoms with Gasteiger partial charge in [-0.15, -0.1) is 0 Å². The number of aryl methyl sites for hydroxylation is 3. The van der Waals surface area contributed by atoms with Crippen molar-refractivity contribution in [1.29, 1.82) is 0 Å². The van der Waals surface area contributed by atoms with Crippen LogP contribution in [0.4, 0.5) is 0 Å². The fraction of sp³-hybridized carbons (Fsp3) is 0.333. The molecule has 152 valence electrons. The number of hydrogen-bond donors (Lipinski definition) is 1. The van der Waals surface area contributed by atoms with E-state index < -0.39 is 5.97 Å². The quantitative estimate of drug-likeness (QED) is 0.590. The Morgan fingerprint density at radius 2 is 1.76 bits per heavy atom. The second kappa shape index (κ2) is 8.95. The summed E-state index contributed by atoms with van der Waals surface area (Å²) in [6.45, 7) is 7.77. The predicted octanol–water partition coefficient (Wildman–Crippen LogP) is 4.71. The van der Waals surface area contributed by atoms with Crippen LogP contribution in [0.2, 0.25) is 0 Å². The standard InChI is InChI=1S/C24H27NO4/c1-5-21(18-8-6-15(2)7-9-18)25-23(26)14-29-24(27)12-19-13-28-22-11-17(4)16(3)10-20(19)22/h6-11,13,21H,5,12,14H2,1-4H3,(H,25,26)/t21-/m0/s1. The lowest BCUT2D eigenvalue weighted by Crippen LogP contribution is -2.32. The van der Waals surface area contributed by atoms with E-state index in [2.05, 4.69) is 5.32 Å². The fourth-order valence-corrected chi connectivity index (χ4v) is 3.28. The summed E-state index contributed by atoms with van der Waals surface area (Å²) >= 11 is 0. The summed E-state index contributed by atoms with van der Waals surface area (Å²) in [7, 11) is 0. The number of fused-ring (bicyclic) bond motifs is 1. The third-order valence-corrected chi connectivity index (χ3v) is 5.19. The van der Waals surface area contributed by atoms with Crippen molar-refractivity contribution in [1.82, 2.24) is 5.32 Å². The average molecular weight is 393 g/mol. The number of esters is 1. The highest BCUT2D eigenvalue weighted by atomic mass is 16.5. The van der Waals surface area contributed by atoms with Gasteiger partial charge >= 0.3 is 5.97 Å². The smallest absolute Gasteiger partial charge is 0.310 e. The van der Waals surface area contributed by atoms with Crippen molar-refractivity contribution in [2.75, 3.05) is 6.61 Å². The summed E-state index contributed by atoms with van der Waals surface area (Å²) in [5.41, 5.74) is 5.98. The minimum absolute atomic E-state index is 0.0674. The molecule has 0 aliphatic heterocycles. The van der Waals surface area contributed by atoms with Gasteiger partial charge in [-0.1, -0.05) is 36.8 Å². The minimum atomic E-state index is -0.454. The van der Waals surface area contributed by atoms with E-state index in [-0.39, 0.29) is 25.0 Å². The van der Waals surface area contributed by atoms with E-state index >= 15 is 0 Å². The zero-order valence-corrected chi connectivity index (χ0v) is 17.4. The molecule has 0 unspecified atom stereocenters. The summed E-state index contributed by atoms with van der Waals surface area (Å²) in [5, 5.41) is 3.83. The highest BCUT2D eigenvalue weighted by molar-refractivity contribution is 5.87. The maximum atomic E-state index is 12.2. The second-order valence-electron chi connectivity index (χ2n) is 7.47. The van der Waals surface area contributed by atoms with Crippen LogP contribution in [0, 0.1) is 20.8 Å². The first kappa shape index (κ1) is 20.6. The van der Waals surface area contributed by atoms with Crippen LogP contribution < -0.4 is 5.32 Å². The largest absolute Gasteiger partial charge is 0.464 e. The average Bonchev–Trinajstić information content (AvgIpc) is 3.07. The van der Waals surface area contributed by atoms with Crippen LogP contribution in [-0.2, 0) is 20.7 Å². The third-order valence-electron chi connectivity index (χ3n) is 5.19. The molecule has 2 aromatic carbocycles. The first-order chi connectivity index (χ1) is 13.9. The van der Waals surface area contributed by atoms with Gasteiger partial charge in [-0.2, -0.15) is 0 Å². The Morgan fingerprint density at radius 1 is 1.07 bits per heavy atom. The Bertz CT molecular complexity index is 1020. The lowest BCUT2D eigenvalue weighted by molar-refractivity contribution is -0.148. The summed E-state index contributed by atoms with van der Waals surface area (Å²) in [5.74, 6) is -0.765. The van der Waals surface area contributed by atoms with Gasteiger partial charge in [-0.05, 0) is 56.0 Å². The van der Waals surface area contributed by atoms with Crippen molar-refractivity contribution in [2.45, 2.75) is 46.6 Å². The molecule has 1 aromatic heterocycles. The normalized spacial score (nSPS) is 12.0. The van der Waals surface area contributed by atoms with Crippen LogP contribution in [0.25, 0.3) is 11.0 Å². The molecule has 1 heterocycles. The number of amides is 1. The van der Waals surface area contributed by atoms with E-state index in [1.807, 2.05) is 64.1 Å². The monoisotopic (exact) mass is 393 g/mol. The van der Waals surface area contributed by atoms with Gasteiger partial charge in [0.25, 0.3) is 5.91 Å². The number of rotatable bonds is 7. The molecule has 5 nitrogen and oxygen atoms in total. The molecule has 0 fully saturated rings. The van der Waals surface area contributed by atoms with Gasteiger partial charge in [0.1, 0.15) is 5.58 Å². The SMILES string of the molecule is CC[C@H](NC(=O)COC(=O)Cc1coc2cc(C)c(C)cc12)c1ccc(C)cc1. The Balaban J connectivity index is 1.55. The first-order valence-corrected chi connectivity index (χ1v) is 9.86. The number of carbonyl (C=O) groups excluding carboxylic acids is 2. The minimum Gasteiger partial charge on any atom is -0.464 e. The molecule has 0 bridgehead atoms. The third kappa shape index (κ3) is 5.05. The molecule has 29 heavy (non-hydrogen) atoms. The van der Waals surface area contributed by atoms with Crippen LogP contribution in [-0.4, -0.2) is 18.5 Å². The molecule has 3 rings (SSSR count). The summed E-state index contributed by atoms with van der Waals surface area (Å²) in [4.78, 5) is 24.5. The van der Waals surface area contributed by atoms with Crippen LogP contribution in [0.15, 0.2) is 47.1 Å². The highest BCUT2D eigenvalue weighted by Crippen LogP contribution is 2.25. The van der Waals surface area contributed by atoms with Crippen molar-refractivity contribution < 1.29 is 18.7 Å². The van der Waals surface area contributed by atoms with E-state index in [4.69, 9.17) is 9.15 Å². The molecule has 0 aliphatic carbocycles. The van der Waals surface area contributed by atoms with E-state index in [9.17, 15) is 9.59 Å². The molecule has 1 amide bonds. The first-order valence-electron chi connectivity index (χ1n) is 9.86. The number of nitrogens with one attached hydrogen (secondary N) is 1. The molecular weight excluding hydrogens is 366 g/mol. The lowest BCUT2D eigenvalue weighted by atomic mass is 10.0. The summed E-state index contributed by atoms with van der Waals surface area (Å²) < 4.78 is 10.7. The summed E-state index contributed by atoms with van der Waals surface area (Å²) in [6.07, 6.45) is 2.40. The van der Waals surface area contributed by atoms with Gasteiger partial charge in [0.15, 0.2) is 6.61 Å². The van der Waals surface area contributed by atoms with Crippen LogP contribution in [0.1, 0.15) is 47.2 Å². The molecular formula is C24H27NO4. The number of ether oxygens (including phenoxy) is 1. The summed E-state index contributed by atoms with van der Waals surface area (Å²) in [6, 6.07) is 11.9. The molecule has 1 atom stereocenters. The van der Waals surface area contributed by atoms with Crippen molar-refractivity contribution in [3.8, 4) is 0 Å². The Hall–Kier alpha value is -3.08. The number of furan rings is 1. The zero-order chi connectivity index (χ0) is 21.0. The molecule has 0 saturated carbocycles. The molecule has 5 heteroatoms. The number of benzene rings is 2. The predicted molar refractivity (Wildman–Crippen MR) is 113 cm³/mol. The maximum absolute atomic E-state index is 12.2. The van der Waals surface area contributed by atoms with E-state index in [1.54, 1.807) is 6.26 Å². The fourth-order valence-electron chi connectivity index (χ4n) is 3.28. The van der Waals surface area contributed by atoms with E-state index in [0.717, 1.165) is 39.6 Å². The molecule has 1 N–H and O–H groups in total. The molecule has 3 aromatic rings. The van der Waals surface area contributed by atoms with E-state index in [0.29, 0.717) is 0 Å². The van der Waals surface area contributed by atoms with Gasteiger partial charge in [-0.3, -0.25) is 9.59 Å². The second-order valence-corrected chi connectivity index (χ2v) is 7.47.